The van der Waals surface area contributed by atoms with Crippen LogP contribution in [0.1, 0.15) is 0 Å². The molecule has 0 aromatic carbocycles. The zero-order valence-electron chi connectivity index (χ0n) is 4.94. The lowest BCUT2D eigenvalue weighted by molar-refractivity contribution is -0.113. The molecule has 1 aromatic heterocycles. The molecule has 0 saturated carbocycles. The molecular weight excluding hydrogens is 170 g/mol. The second-order valence-electron chi connectivity index (χ2n) is 1.50. The first-order chi connectivity index (χ1) is 4.83. The topological polar surface area (TPSA) is 54.9 Å². The number of anilines is 1. The van der Waals surface area contributed by atoms with Gasteiger partial charge in [0.1, 0.15) is 0 Å². The Hall–Kier alpha value is -0.620. The van der Waals surface area contributed by atoms with E-state index in [0.29, 0.717) is 5.82 Å². The summed E-state index contributed by atoms with van der Waals surface area (Å²) in [6, 6.07) is 0. The quantitative estimate of drug-likeness (QED) is 0.640. The van der Waals surface area contributed by atoms with Crippen molar-refractivity contribution >= 4 is 35.9 Å². The summed E-state index contributed by atoms with van der Waals surface area (Å²) >= 11 is 4.96. The Bertz CT molecular complexity index is 210. The molecule has 0 atom stereocenters. The second kappa shape index (κ2) is 3.52. The van der Waals surface area contributed by atoms with Crippen LogP contribution in [0.4, 0.5) is 5.82 Å². The predicted molar refractivity (Wildman–Crippen MR) is 42.4 cm³/mol. The molecule has 0 unspecified atom stereocenters. The van der Waals surface area contributed by atoms with Gasteiger partial charge in [-0.2, -0.15) is 12.6 Å². The number of aromatic nitrogens is 2. The van der Waals surface area contributed by atoms with Gasteiger partial charge in [0.25, 0.3) is 0 Å². The number of nitrogens with zero attached hydrogens (tertiary/aromatic N) is 2. The lowest BCUT2D eigenvalue weighted by Gasteiger charge is -1.93. The number of carbonyl (C=O) groups is 1. The molecule has 0 radical (unpaired) electrons. The fourth-order valence-corrected chi connectivity index (χ4v) is 0.869. The molecule has 10 heavy (non-hydrogen) atoms. The van der Waals surface area contributed by atoms with Crippen molar-refractivity contribution in [1.82, 2.24) is 9.59 Å². The van der Waals surface area contributed by atoms with Crippen LogP contribution in [0.3, 0.4) is 0 Å². The lowest BCUT2D eigenvalue weighted by atomic mass is 10.6. The minimum atomic E-state index is -0.170. The summed E-state index contributed by atoms with van der Waals surface area (Å²) in [5.41, 5.74) is 0. The molecule has 0 fully saturated rings. The van der Waals surface area contributed by atoms with Crippen molar-refractivity contribution in [2.45, 2.75) is 0 Å². The Morgan fingerprint density at radius 2 is 2.70 bits per heavy atom. The Labute approximate surface area is 67.2 Å². The van der Waals surface area contributed by atoms with Gasteiger partial charge in [-0.15, -0.1) is 5.10 Å². The van der Waals surface area contributed by atoms with E-state index in [9.17, 15) is 4.79 Å². The maximum Gasteiger partial charge on any atom is 0.235 e. The van der Waals surface area contributed by atoms with Gasteiger partial charge in [0, 0.05) is 0 Å². The molecule has 0 saturated heterocycles. The van der Waals surface area contributed by atoms with E-state index in [4.69, 9.17) is 0 Å². The van der Waals surface area contributed by atoms with Crippen molar-refractivity contribution in [3.63, 3.8) is 0 Å². The first-order valence-electron chi connectivity index (χ1n) is 2.50. The van der Waals surface area contributed by atoms with Crippen molar-refractivity contribution in [2.24, 2.45) is 0 Å². The smallest absolute Gasteiger partial charge is 0.235 e. The van der Waals surface area contributed by atoms with Crippen molar-refractivity contribution in [3.8, 4) is 0 Å². The van der Waals surface area contributed by atoms with Gasteiger partial charge in [0.2, 0.25) is 5.91 Å². The van der Waals surface area contributed by atoms with Gasteiger partial charge < -0.3 is 5.32 Å². The lowest BCUT2D eigenvalue weighted by Crippen LogP contribution is -2.12. The molecule has 0 aliphatic carbocycles. The van der Waals surface area contributed by atoms with Crippen LogP contribution in [0.2, 0.25) is 0 Å². The summed E-state index contributed by atoms with van der Waals surface area (Å²) in [5.74, 6) is 0.484. The highest BCUT2D eigenvalue weighted by molar-refractivity contribution is 7.81. The average Bonchev–Trinajstić information content (AvgIpc) is 2.40. The molecule has 0 bridgehead atoms. The minimum absolute atomic E-state index is 0.164. The fraction of sp³-hybridized carbons (Fsp3) is 0.250. The molecule has 1 heterocycles. The molecule has 1 N–H and O–H groups in total. The maximum atomic E-state index is 10.6. The first kappa shape index (κ1) is 7.49. The van der Waals surface area contributed by atoms with Crippen molar-refractivity contribution < 1.29 is 4.79 Å². The van der Waals surface area contributed by atoms with Gasteiger partial charge in [0.15, 0.2) is 5.82 Å². The van der Waals surface area contributed by atoms with Crippen LogP contribution in [0.25, 0.3) is 0 Å². The molecule has 1 amide bonds. The number of carbonyl (C=O) groups excluding carboxylic acids is 1. The monoisotopic (exact) mass is 175 g/mol. The third-order valence-corrected chi connectivity index (χ3v) is 1.56. The van der Waals surface area contributed by atoms with Crippen LogP contribution < -0.4 is 5.32 Å². The summed E-state index contributed by atoms with van der Waals surface area (Å²) < 4.78 is 3.56. The van der Waals surface area contributed by atoms with E-state index in [2.05, 4.69) is 27.5 Å². The number of thiol groups is 1. The minimum Gasteiger partial charge on any atom is -0.308 e. The Balaban J connectivity index is 2.48. The van der Waals surface area contributed by atoms with Crippen molar-refractivity contribution in [1.29, 1.82) is 0 Å². The zero-order chi connectivity index (χ0) is 7.40. The molecule has 4 nitrogen and oxygen atoms in total. The molecule has 0 spiro atoms. The summed E-state index contributed by atoms with van der Waals surface area (Å²) in [5, 5.41) is 7.75. The SMILES string of the molecule is O=C(CS)Nc1csnn1. The van der Waals surface area contributed by atoms with Gasteiger partial charge in [-0.05, 0) is 11.5 Å². The Kier molecular flexibility index (Phi) is 2.64. The van der Waals surface area contributed by atoms with E-state index in [0.717, 1.165) is 0 Å². The van der Waals surface area contributed by atoms with Gasteiger partial charge >= 0.3 is 0 Å². The fourth-order valence-electron chi connectivity index (χ4n) is 0.401. The molecule has 6 heteroatoms. The molecule has 0 aliphatic rings. The summed E-state index contributed by atoms with van der Waals surface area (Å²) in [4.78, 5) is 10.6. The molecule has 1 rings (SSSR count). The summed E-state index contributed by atoms with van der Waals surface area (Å²) in [7, 11) is 0. The van der Waals surface area contributed by atoms with Crippen LogP contribution in [0.5, 0.6) is 0 Å². The Morgan fingerprint density at radius 3 is 3.20 bits per heavy atom. The maximum absolute atomic E-state index is 10.6. The van der Waals surface area contributed by atoms with Crippen LogP contribution in [0, 0.1) is 0 Å². The van der Waals surface area contributed by atoms with Gasteiger partial charge in [0.05, 0.1) is 11.1 Å². The molecular formula is C4H5N3OS2. The largest absolute Gasteiger partial charge is 0.308 e. The van der Waals surface area contributed by atoms with E-state index >= 15 is 0 Å². The van der Waals surface area contributed by atoms with Gasteiger partial charge in [-0.3, -0.25) is 4.79 Å². The van der Waals surface area contributed by atoms with Crippen LogP contribution >= 0.6 is 24.2 Å². The van der Waals surface area contributed by atoms with Gasteiger partial charge in [-0.25, -0.2) is 0 Å². The van der Waals surface area contributed by atoms with Crippen LogP contribution in [-0.4, -0.2) is 21.2 Å². The number of amides is 1. The highest BCUT2D eigenvalue weighted by Crippen LogP contribution is 2.02. The third-order valence-electron chi connectivity index (χ3n) is 0.771. The van der Waals surface area contributed by atoms with E-state index in [1.165, 1.54) is 11.5 Å². The molecule has 0 aliphatic heterocycles. The van der Waals surface area contributed by atoms with Gasteiger partial charge in [-0.1, -0.05) is 4.49 Å². The van der Waals surface area contributed by atoms with E-state index < -0.39 is 0 Å². The van der Waals surface area contributed by atoms with Crippen molar-refractivity contribution in [2.75, 3.05) is 11.1 Å². The highest BCUT2D eigenvalue weighted by Gasteiger charge is 1.99. The van der Waals surface area contributed by atoms with Crippen LogP contribution in [0.15, 0.2) is 5.38 Å². The second-order valence-corrected chi connectivity index (χ2v) is 2.42. The van der Waals surface area contributed by atoms with Crippen LogP contribution in [-0.2, 0) is 4.79 Å². The number of hydrogen-bond donors (Lipinski definition) is 2. The van der Waals surface area contributed by atoms with E-state index in [-0.39, 0.29) is 11.7 Å². The highest BCUT2D eigenvalue weighted by atomic mass is 32.1. The first-order valence-corrected chi connectivity index (χ1v) is 3.97. The number of nitrogens with one attached hydrogen (secondary N) is 1. The predicted octanol–water partition coefficient (Wildman–Crippen LogP) is 0.406. The molecule has 54 valence electrons. The number of hydrogen-bond acceptors (Lipinski definition) is 5. The standard InChI is InChI=1S/C4H5N3OS2/c8-4(1-9)5-3-2-10-7-6-3/h2,9H,1H2,(H,5,8). The third kappa shape index (κ3) is 1.96. The zero-order valence-corrected chi connectivity index (χ0v) is 6.65. The average molecular weight is 175 g/mol. The number of rotatable bonds is 2. The summed E-state index contributed by atoms with van der Waals surface area (Å²) in [6.45, 7) is 0. The van der Waals surface area contributed by atoms with Crippen molar-refractivity contribution in [3.05, 3.63) is 5.38 Å². The Morgan fingerprint density at radius 1 is 1.90 bits per heavy atom. The van der Waals surface area contributed by atoms with E-state index in [1.807, 2.05) is 0 Å². The normalized spacial score (nSPS) is 9.30. The van der Waals surface area contributed by atoms with E-state index in [1.54, 1.807) is 5.38 Å². The summed E-state index contributed by atoms with van der Waals surface area (Å²) in [6.07, 6.45) is 0. The molecule has 1 aromatic rings.